The number of aliphatic hydroxyl groups excluding tert-OH is 1. The Morgan fingerprint density at radius 3 is 2.58 bits per heavy atom. The van der Waals surface area contributed by atoms with E-state index in [4.69, 9.17) is 0 Å². The summed E-state index contributed by atoms with van der Waals surface area (Å²) in [7, 11) is 4.25. The average molecular weight is 262 g/mol. The van der Waals surface area contributed by atoms with Crippen LogP contribution in [0.15, 0.2) is 24.3 Å². The third-order valence-corrected chi connectivity index (χ3v) is 3.85. The van der Waals surface area contributed by atoms with Crippen molar-refractivity contribution >= 4 is 5.69 Å². The Hall–Kier alpha value is -1.06. The number of aliphatic hydroxyl groups is 1. The molecular weight excluding hydrogens is 236 g/mol. The molecule has 0 unspecified atom stereocenters. The van der Waals surface area contributed by atoms with Gasteiger partial charge in [0.05, 0.1) is 6.10 Å². The third-order valence-electron chi connectivity index (χ3n) is 3.85. The molecule has 3 heteroatoms. The average Bonchev–Trinajstić information content (AvgIpc) is 2.40. The lowest BCUT2D eigenvalue weighted by molar-refractivity contribution is 0.145. The molecule has 0 spiro atoms. The monoisotopic (exact) mass is 262 g/mol. The fourth-order valence-electron chi connectivity index (χ4n) is 2.72. The van der Waals surface area contributed by atoms with Crippen LogP contribution in [0.2, 0.25) is 0 Å². The van der Waals surface area contributed by atoms with E-state index in [-0.39, 0.29) is 6.10 Å². The van der Waals surface area contributed by atoms with E-state index in [1.807, 2.05) is 0 Å². The molecule has 3 nitrogen and oxygen atoms in total. The van der Waals surface area contributed by atoms with Gasteiger partial charge in [-0.2, -0.15) is 0 Å². The first kappa shape index (κ1) is 14.4. The molecule has 2 rings (SSSR count). The van der Waals surface area contributed by atoms with Crippen LogP contribution in [0, 0.1) is 0 Å². The van der Waals surface area contributed by atoms with Crippen LogP contribution >= 0.6 is 0 Å². The molecule has 0 atom stereocenters. The lowest BCUT2D eigenvalue weighted by atomic mass is 10.0. The van der Waals surface area contributed by atoms with Gasteiger partial charge in [-0.15, -0.1) is 0 Å². The summed E-state index contributed by atoms with van der Waals surface area (Å²) in [6, 6.07) is 8.72. The topological polar surface area (TPSA) is 26.7 Å². The SMILES string of the molecule is CN(C)CCCc1ccccc1N1CCC(O)CC1. The second kappa shape index (κ2) is 6.92. The molecule has 1 aromatic carbocycles. The Morgan fingerprint density at radius 2 is 1.89 bits per heavy atom. The minimum atomic E-state index is -0.0999. The molecule has 1 fully saturated rings. The molecule has 0 saturated carbocycles. The highest BCUT2D eigenvalue weighted by Crippen LogP contribution is 2.25. The van der Waals surface area contributed by atoms with Gasteiger partial charge in [-0.3, -0.25) is 0 Å². The van der Waals surface area contributed by atoms with Crippen LogP contribution in [0.5, 0.6) is 0 Å². The predicted molar refractivity (Wildman–Crippen MR) is 80.8 cm³/mol. The second-order valence-corrected chi connectivity index (χ2v) is 5.75. The van der Waals surface area contributed by atoms with Gasteiger partial charge in [0.2, 0.25) is 0 Å². The smallest absolute Gasteiger partial charge is 0.0574 e. The van der Waals surface area contributed by atoms with Gasteiger partial charge in [0.25, 0.3) is 0 Å². The van der Waals surface area contributed by atoms with E-state index in [1.54, 1.807) is 0 Å². The lowest BCUT2D eigenvalue weighted by Gasteiger charge is -2.33. The summed E-state index contributed by atoms with van der Waals surface area (Å²) in [4.78, 5) is 4.66. The van der Waals surface area contributed by atoms with Crippen molar-refractivity contribution in [3.05, 3.63) is 29.8 Å². The minimum Gasteiger partial charge on any atom is -0.393 e. The molecule has 1 aromatic rings. The largest absolute Gasteiger partial charge is 0.393 e. The molecule has 0 bridgehead atoms. The number of benzene rings is 1. The first-order valence-corrected chi connectivity index (χ1v) is 7.32. The Labute approximate surface area is 116 Å². The van der Waals surface area contributed by atoms with Crippen molar-refractivity contribution in [3.63, 3.8) is 0 Å². The third kappa shape index (κ3) is 4.22. The van der Waals surface area contributed by atoms with Crippen LogP contribution < -0.4 is 4.90 Å². The molecule has 1 aliphatic rings. The normalized spacial score (nSPS) is 17.2. The molecule has 0 aromatic heterocycles. The molecule has 0 amide bonds. The fourth-order valence-corrected chi connectivity index (χ4v) is 2.72. The Morgan fingerprint density at radius 1 is 1.21 bits per heavy atom. The summed E-state index contributed by atoms with van der Waals surface area (Å²) in [5, 5.41) is 9.61. The molecule has 1 heterocycles. The van der Waals surface area contributed by atoms with Crippen LogP contribution in [0.25, 0.3) is 0 Å². The van der Waals surface area contributed by atoms with Gasteiger partial charge in [0.15, 0.2) is 0 Å². The highest BCUT2D eigenvalue weighted by atomic mass is 16.3. The maximum Gasteiger partial charge on any atom is 0.0574 e. The molecule has 0 radical (unpaired) electrons. The van der Waals surface area contributed by atoms with E-state index in [9.17, 15) is 5.11 Å². The highest BCUT2D eigenvalue weighted by molar-refractivity contribution is 5.54. The van der Waals surface area contributed by atoms with E-state index in [1.165, 1.54) is 17.7 Å². The zero-order valence-electron chi connectivity index (χ0n) is 12.2. The van der Waals surface area contributed by atoms with Crippen LogP contribution in [0.3, 0.4) is 0 Å². The van der Waals surface area contributed by atoms with Gasteiger partial charge in [0, 0.05) is 18.8 Å². The van der Waals surface area contributed by atoms with Gasteiger partial charge in [-0.1, -0.05) is 18.2 Å². The van der Waals surface area contributed by atoms with Crippen molar-refractivity contribution in [3.8, 4) is 0 Å². The van der Waals surface area contributed by atoms with Crippen molar-refractivity contribution in [2.24, 2.45) is 0 Å². The number of piperidine rings is 1. The van der Waals surface area contributed by atoms with E-state index in [2.05, 4.69) is 48.2 Å². The Bertz CT molecular complexity index is 384. The van der Waals surface area contributed by atoms with Crippen molar-refractivity contribution in [2.45, 2.75) is 31.8 Å². The minimum absolute atomic E-state index is 0.0999. The number of anilines is 1. The first-order valence-electron chi connectivity index (χ1n) is 7.32. The predicted octanol–water partition coefficient (Wildman–Crippen LogP) is 2.14. The van der Waals surface area contributed by atoms with E-state index < -0.39 is 0 Å². The number of hydrogen-bond acceptors (Lipinski definition) is 3. The molecule has 1 saturated heterocycles. The van der Waals surface area contributed by atoms with Crippen LogP contribution in [-0.2, 0) is 6.42 Å². The van der Waals surface area contributed by atoms with Gasteiger partial charge in [0.1, 0.15) is 0 Å². The van der Waals surface area contributed by atoms with Crippen molar-refractivity contribution < 1.29 is 5.11 Å². The maximum atomic E-state index is 9.61. The molecule has 19 heavy (non-hydrogen) atoms. The van der Waals surface area contributed by atoms with Crippen LogP contribution in [0.1, 0.15) is 24.8 Å². The molecule has 106 valence electrons. The summed E-state index contributed by atoms with van der Waals surface area (Å²) in [5.41, 5.74) is 2.81. The van der Waals surface area contributed by atoms with E-state index in [0.717, 1.165) is 38.9 Å². The van der Waals surface area contributed by atoms with Crippen molar-refractivity contribution in [1.82, 2.24) is 4.90 Å². The van der Waals surface area contributed by atoms with E-state index >= 15 is 0 Å². The lowest BCUT2D eigenvalue weighted by Crippen LogP contribution is -2.36. The van der Waals surface area contributed by atoms with Gasteiger partial charge in [-0.05, 0) is 58.0 Å². The number of para-hydroxylation sites is 1. The van der Waals surface area contributed by atoms with Crippen molar-refractivity contribution in [1.29, 1.82) is 0 Å². The second-order valence-electron chi connectivity index (χ2n) is 5.75. The summed E-state index contributed by atoms with van der Waals surface area (Å²) < 4.78 is 0. The van der Waals surface area contributed by atoms with Gasteiger partial charge < -0.3 is 14.9 Å². The summed E-state index contributed by atoms with van der Waals surface area (Å²) in [6.07, 6.45) is 4.02. The summed E-state index contributed by atoms with van der Waals surface area (Å²) in [5.74, 6) is 0. The van der Waals surface area contributed by atoms with Gasteiger partial charge >= 0.3 is 0 Å². The number of hydrogen-bond donors (Lipinski definition) is 1. The molecular formula is C16H26N2O. The summed E-state index contributed by atoms with van der Waals surface area (Å²) in [6.45, 7) is 3.09. The van der Waals surface area contributed by atoms with E-state index in [0.29, 0.717) is 0 Å². The number of rotatable bonds is 5. The van der Waals surface area contributed by atoms with Crippen LogP contribution in [-0.4, -0.2) is 49.8 Å². The number of nitrogens with zero attached hydrogens (tertiary/aromatic N) is 2. The maximum absolute atomic E-state index is 9.61. The Balaban J connectivity index is 1.99. The summed E-state index contributed by atoms with van der Waals surface area (Å²) >= 11 is 0. The standard InChI is InChI=1S/C16H26N2O/c1-17(2)11-5-7-14-6-3-4-8-16(14)18-12-9-15(19)10-13-18/h3-4,6,8,15,19H,5,7,9-13H2,1-2H3. The van der Waals surface area contributed by atoms with Gasteiger partial charge in [-0.25, -0.2) is 0 Å². The Kier molecular flexibility index (Phi) is 5.23. The fraction of sp³-hybridized carbons (Fsp3) is 0.625. The molecule has 0 aliphatic carbocycles. The zero-order valence-corrected chi connectivity index (χ0v) is 12.2. The zero-order chi connectivity index (χ0) is 13.7. The highest BCUT2D eigenvalue weighted by Gasteiger charge is 2.18. The molecule has 1 aliphatic heterocycles. The molecule has 1 N–H and O–H groups in total. The number of aryl methyl sites for hydroxylation is 1. The first-order chi connectivity index (χ1) is 9.16. The quantitative estimate of drug-likeness (QED) is 0.881. The van der Waals surface area contributed by atoms with Crippen molar-refractivity contribution in [2.75, 3.05) is 38.6 Å². The van der Waals surface area contributed by atoms with Crippen LogP contribution in [0.4, 0.5) is 5.69 Å².